The van der Waals surface area contributed by atoms with Crippen molar-refractivity contribution in [2.45, 2.75) is 37.8 Å². The number of H-pyrrole nitrogens is 1. The third-order valence-corrected chi connectivity index (χ3v) is 7.02. The minimum atomic E-state index is -0.568. The van der Waals surface area contributed by atoms with Crippen molar-refractivity contribution in [3.63, 3.8) is 0 Å². The molecule has 0 bridgehead atoms. The fourth-order valence-corrected chi connectivity index (χ4v) is 5.80. The largest absolute Gasteiger partial charge is 0.469 e. The summed E-state index contributed by atoms with van der Waals surface area (Å²) in [5.74, 6) is 0.0541. The molecule has 2 aliphatic heterocycles. The van der Waals surface area contributed by atoms with E-state index in [0.29, 0.717) is 18.4 Å². The number of aromatic nitrogens is 1. The smallest absolute Gasteiger partial charge is 0.311 e. The minimum absolute atomic E-state index is 0.199. The number of para-hydroxylation sites is 1. The third-order valence-electron chi connectivity index (χ3n) is 7.02. The number of hydrogen-bond donors (Lipinski definition) is 2. The van der Waals surface area contributed by atoms with Gasteiger partial charge in [0.1, 0.15) is 0 Å². The lowest BCUT2D eigenvalue weighted by Gasteiger charge is -2.50. The van der Waals surface area contributed by atoms with Crippen LogP contribution in [0.15, 0.2) is 24.3 Å². The van der Waals surface area contributed by atoms with Gasteiger partial charge < -0.3 is 14.8 Å². The number of carbonyl (C=O) groups is 1. The van der Waals surface area contributed by atoms with Crippen LogP contribution in [0.1, 0.15) is 36.6 Å². The van der Waals surface area contributed by atoms with Crippen LogP contribution in [0.3, 0.4) is 0 Å². The summed E-state index contributed by atoms with van der Waals surface area (Å²) in [6.45, 7) is 2.10. The van der Waals surface area contributed by atoms with Gasteiger partial charge in [-0.1, -0.05) is 18.2 Å². The van der Waals surface area contributed by atoms with E-state index < -0.39 is 6.10 Å². The summed E-state index contributed by atoms with van der Waals surface area (Å²) in [6.07, 6.45) is 3.14. The van der Waals surface area contributed by atoms with Gasteiger partial charge in [0.15, 0.2) is 0 Å². The fourth-order valence-electron chi connectivity index (χ4n) is 5.80. The van der Waals surface area contributed by atoms with Crippen molar-refractivity contribution in [1.82, 2.24) is 9.88 Å². The van der Waals surface area contributed by atoms with E-state index in [2.05, 4.69) is 34.1 Å². The number of aliphatic hydroxyl groups is 1. The highest BCUT2D eigenvalue weighted by atomic mass is 16.5. The van der Waals surface area contributed by atoms with Gasteiger partial charge in [0.2, 0.25) is 0 Å². The molecule has 0 spiro atoms. The van der Waals surface area contributed by atoms with E-state index in [0.717, 1.165) is 32.4 Å². The fraction of sp³-hybridized carbons (Fsp3) is 0.571. The first-order valence-corrected chi connectivity index (χ1v) is 9.76. The molecular formula is C21H26N2O3. The maximum absolute atomic E-state index is 12.4. The summed E-state index contributed by atoms with van der Waals surface area (Å²) in [5.41, 5.74) is 3.96. The number of ether oxygens (including phenoxy) is 1. The number of aromatic amines is 1. The lowest BCUT2D eigenvalue weighted by atomic mass is 9.65. The van der Waals surface area contributed by atoms with E-state index in [1.807, 2.05) is 0 Å². The van der Waals surface area contributed by atoms with Crippen LogP contribution in [-0.4, -0.2) is 47.3 Å². The van der Waals surface area contributed by atoms with Crippen LogP contribution in [0.2, 0.25) is 0 Å². The number of hydrogen-bond acceptors (Lipinski definition) is 4. The molecule has 1 aromatic carbocycles. The second kappa shape index (κ2) is 6.10. The molecule has 26 heavy (non-hydrogen) atoms. The number of rotatable bonds is 1. The molecule has 1 aromatic heterocycles. The average Bonchev–Trinajstić information content (AvgIpc) is 3.05. The average molecular weight is 354 g/mol. The second-order valence-corrected chi connectivity index (χ2v) is 8.18. The molecule has 2 N–H and O–H groups in total. The summed E-state index contributed by atoms with van der Waals surface area (Å²) >= 11 is 0. The van der Waals surface area contributed by atoms with Crippen LogP contribution < -0.4 is 0 Å². The van der Waals surface area contributed by atoms with Crippen molar-refractivity contribution >= 4 is 16.9 Å². The predicted molar refractivity (Wildman–Crippen MR) is 98.7 cm³/mol. The number of nitrogens with one attached hydrogen (secondary N) is 1. The molecule has 2 fully saturated rings. The zero-order valence-electron chi connectivity index (χ0n) is 15.1. The minimum Gasteiger partial charge on any atom is -0.469 e. The Morgan fingerprint density at radius 2 is 2.15 bits per heavy atom. The first-order valence-electron chi connectivity index (χ1n) is 9.76. The Bertz CT molecular complexity index is 845. The van der Waals surface area contributed by atoms with Crippen LogP contribution in [0, 0.1) is 17.8 Å². The Hall–Kier alpha value is -1.85. The summed E-state index contributed by atoms with van der Waals surface area (Å²) in [4.78, 5) is 18.6. The van der Waals surface area contributed by atoms with Crippen molar-refractivity contribution in [3.05, 3.63) is 35.5 Å². The summed E-state index contributed by atoms with van der Waals surface area (Å²) in [7, 11) is 1.43. The number of carbonyl (C=O) groups excluding carboxylic acids is 1. The molecule has 5 nitrogen and oxygen atoms in total. The number of esters is 1. The van der Waals surface area contributed by atoms with Gasteiger partial charge in [-0.25, -0.2) is 0 Å². The molecule has 5 heteroatoms. The molecule has 0 unspecified atom stereocenters. The molecule has 1 saturated heterocycles. The van der Waals surface area contributed by atoms with Crippen molar-refractivity contribution in [2.24, 2.45) is 17.8 Å². The van der Waals surface area contributed by atoms with Crippen molar-refractivity contribution in [3.8, 4) is 0 Å². The third kappa shape index (κ3) is 2.33. The number of piperidine rings is 1. The molecule has 2 aromatic rings. The summed E-state index contributed by atoms with van der Waals surface area (Å²) in [5, 5.41) is 11.8. The standard InChI is InChI=1S/C21H26N2O3/c1-26-21(25)19-15-10-17-20-14(13-4-2-3-5-16(13)22-20)8-9-23(17)11-12(15)6-7-18(19)24/h2-5,12,15,17-19,22,24H,6-11H2,1H3/t12-,15+,17-,18-,19-/m1/s1. The Morgan fingerprint density at radius 1 is 1.31 bits per heavy atom. The Morgan fingerprint density at radius 3 is 3.00 bits per heavy atom. The van der Waals surface area contributed by atoms with E-state index >= 15 is 0 Å². The number of nitrogens with zero attached hydrogens (tertiary/aromatic N) is 1. The maximum atomic E-state index is 12.4. The van der Waals surface area contributed by atoms with Crippen LogP contribution >= 0.6 is 0 Å². The van der Waals surface area contributed by atoms with Crippen LogP contribution in [-0.2, 0) is 16.0 Å². The molecule has 138 valence electrons. The van der Waals surface area contributed by atoms with Crippen molar-refractivity contribution in [1.29, 1.82) is 0 Å². The number of fused-ring (bicyclic) bond motifs is 6. The Kier molecular flexibility index (Phi) is 3.83. The number of methoxy groups -OCH3 is 1. The quantitative estimate of drug-likeness (QED) is 0.773. The van der Waals surface area contributed by atoms with Gasteiger partial charge in [-0.3, -0.25) is 9.69 Å². The number of benzene rings is 1. The summed E-state index contributed by atoms with van der Waals surface area (Å²) < 4.78 is 5.04. The highest BCUT2D eigenvalue weighted by molar-refractivity contribution is 5.85. The van der Waals surface area contributed by atoms with Gasteiger partial charge in [0.05, 0.1) is 25.2 Å². The van der Waals surface area contributed by atoms with Crippen LogP contribution in [0.4, 0.5) is 0 Å². The van der Waals surface area contributed by atoms with Crippen molar-refractivity contribution in [2.75, 3.05) is 20.2 Å². The van der Waals surface area contributed by atoms with Gasteiger partial charge in [-0.2, -0.15) is 0 Å². The number of aliphatic hydroxyl groups excluding tert-OH is 1. The van der Waals surface area contributed by atoms with Crippen LogP contribution in [0.5, 0.6) is 0 Å². The molecule has 0 amide bonds. The van der Waals surface area contributed by atoms with E-state index in [9.17, 15) is 9.90 Å². The molecule has 3 aliphatic rings. The molecule has 5 rings (SSSR count). The van der Waals surface area contributed by atoms with Crippen molar-refractivity contribution < 1.29 is 14.6 Å². The van der Waals surface area contributed by atoms with Crippen LogP contribution in [0.25, 0.3) is 10.9 Å². The zero-order valence-corrected chi connectivity index (χ0v) is 15.1. The Labute approximate surface area is 153 Å². The van der Waals surface area contributed by atoms with Gasteiger partial charge >= 0.3 is 5.97 Å². The highest BCUT2D eigenvalue weighted by Crippen LogP contribution is 2.49. The maximum Gasteiger partial charge on any atom is 0.311 e. The zero-order chi connectivity index (χ0) is 17.8. The molecule has 1 saturated carbocycles. The van der Waals surface area contributed by atoms with Gasteiger partial charge in [0.25, 0.3) is 0 Å². The topological polar surface area (TPSA) is 65.6 Å². The highest BCUT2D eigenvalue weighted by Gasteiger charge is 2.49. The van der Waals surface area contributed by atoms with E-state index in [4.69, 9.17) is 4.74 Å². The molecular weight excluding hydrogens is 328 g/mol. The lowest BCUT2D eigenvalue weighted by molar-refractivity contribution is -0.160. The van der Waals surface area contributed by atoms with Gasteiger partial charge in [0, 0.05) is 29.7 Å². The molecule has 3 heterocycles. The first-order chi connectivity index (χ1) is 12.7. The molecule has 1 aliphatic carbocycles. The lowest BCUT2D eigenvalue weighted by Crippen LogP contribution is -2.53. The van der Waals surface area contributed by atoms with Gasteiger partial charge in [-0.15, -0.1) is 0 Å². The molecule has 5 atom stereocenters. The molecule has 0 radical (unpaired) electrons. The SMILES string of the molecule is COC(=O)[C@@H]1[C@H]2C[C@@H]3c4[nH]c5ccccc5c4CCN3C[C@H]2CC[C@H]1O. The van der Waals surface area contributed by atoms with E-state index in [-0.39, 0.29) is 17.8 Å². The Balaban J connectivity index is 1.52. The first kappa shape index (κ1) is 16.3. The van der Waals surface area contributed by atoms with E-state index in [1.165, 1.54) is 29.3 Å². The second-order valence-electron chi connectivity index (χ2n) is 8.18. The predicted octanol–water partition coefficient (Wildman–Crippen LogP) is 2.65. The monoisotopic (exact) mass is 354 g/mol. The van der Waals surface area contributed by atoms with Gasteiger partial charge in [-0.05, 0) is 49.1 Å². The normalized spacial score (nSPS) is 34.0. The summed E-state index contributed by atoms with van der Waals surface area (Å²) in [6, 6.07) is 8.83. The van der Waals surface area contributed by atoms with E-state index in [1.54, 1.807) is 0 Å².